The van der Waals surface area contributed by atoms with Crippen molar-refractivity contribution in [2.45, 2.75) is 32.2 Å². The van der Waals surface area contributed by atoms with E-state index in [-0.39, 0.29) is 27.3 Å². The first kappa shape index (κ1) is 15.1. The molecule has 2 unspecified atom stereocenters. The topological polar surface area (TPSA) is 72.2 Å². The number of halogens is 2. The molecule has 1 aromatic rings. The van der Waals surface area contributed by atoms with Gasteiger partial charge in [0.05, 0.1) is 20.5 Å². The fourth-order valence-electron chi connectivity index (χ4n) is 2.45. The van der Waals surface area contributed by atoms with Crippen LogP contribution in [0.5, 0.6) is 0 Å². The van der Waals surface area contributed by atoms with Gasteiger partial charge >= 0.3 is 0 Å². The normalized spacial score (nSPS) is 21.8. The number of hydrogen-bond acceptors (Lipinski definition) is 3. The highest BCUT2D eigenvalue weighted by Gasteiger charge is 2.27. The maximum absolute atomic E-state index is 12.2. The second kappa shape index (κ2) is 5.97. The lowest BCUT2D eigenvalue weighted by atomic mass is 10.1. The highest BCUT2D eigenvalue weighted by atomic mass is 35.5. The molecule has 5 nitrogen and oxygen atoms in total. The highest BCUT2D eigenvalue weighted by Crippen LogP contribution is 2.31. The minimum Gasteiger partial charge on any atom is -0.349 e. The van der Waals surface area contributed by atoms with E-state index in [0.29, 0.717) is 5.92 Å². The van der Waals surface area contributed by atoms with Crippen molar-refractivity contribution in [1.82, 2.24) is 5.32 Å². The van der Waals surface area contributed by atoms with Crippen LogP contribution in [0.1, 0.15) is 36.5 Å². The summed E-state index contributed by atoms with van der Waals surface area (Å²) in [6, 6.07) is 2.37. The molecule has 0 heterocycles. The predicted octanol–water partition coefficient (Wildman–Crippen LogP) is 3.82. The molecule has 0 spiro atoms. The Labute approximate surface area is 126 Å². The lowest BCUT2D eigenvalue weighted by molar-refractivity contribution is -0.384. The van der Waals surface area contributed by atoms with Crippen LogP contribution in [0.15, 0.2) is 12.1 Å². The van der Waals surface area contributed by atoms with E-state index in [0.717, 1.165) is 31.4 Å². The number of nitro benzene ring substituents is 1. The Kier molecular flexibility index (Phi) is 4.50. The van der Waals surface area contributed by atoms with Crippen molar-refractivity contribution < 1.29 is 9.72 Å². The van der Waals surface area contributed by atoms with Crippen LogP contribution in [0.25, 0.3) is 0 Å². The lowest BCUT2D eigenvalue weighted by Gasteiger charge is -2.17. The molecule has 0 saturated heterocycles. The van der Waals surface area contributed by atoms with E-state index in [9.17, 15) is 14.9 Å². The third-order valence-electron chi connectivity index (χ3n) is 3.65. The van der Waals surface area contributed by atoms with Gasteiger partial charge in [0.2, 0.25) is 0 Å². The van der Waals surface area contributed by atoms with Gasteiger partial charge in [-0.2, -0.15) is 0 Å². The molecule has 1 amide bonds. The Morgan fingerprint density at radius 2 is 2.10 bits per heavy atom. The van der Waals surface area contributed by atoms with Crippen molar-refractivity contribution in [1.29, 1.82) is 0 Å². The van der Waals surface area contributed by atoms with Crippen molar-refractivity contribution >= 4 is 34.8 Å². The monoisotopic (exact) mass is 316 g/mol. The molecule has 1 saturated carbocycles. The lowest BCUT2D eigenvalue weighted by Crippen LogP contribution is -2.36. The van der Waals surface area contributed by atoms with E-state index in [1.807, 2.05) is 0 Å². The van der Waals surface area contributed by atoms with Crippen LogP contribution >= 0.6 is 23.2 Å². The minimum atomic E-state index is -0.600. The number of amides is 1. The number of nitrogens with one attached hydrogen (secondary N) is 1. The first-order valence-electron chi connectivity index (χ1n) is 6.34. The fourth-order valence-corrected chi connectivity index (χ4v) is 2.86. The number of carbonyl (C=O) groups is 1. The summed E-state index contributed by atoms with van der Waals surface area (Å²) in [4.78, 5) is 22.4. The number of nitro groups is 1. The molecule has 1 N–H and O–H groups in total. The number of benzene rings is 1. The third-order valence-corrected chi connectivity index (χ3v) is 4.45. The van der Waals surface area contributed by atoms with Crippen molar-refractivity contribution in [2.24, 2.45) is 5.92 Å². The highest BCUT2D eigenvalue weighted by molar-refractivity contribution is 6.44. The smallest absolute Gasteiger partial charge is 0.271 e. The minimum absolute atomic E-state index is 0.00508. The summed E-state index contributed by atoms with van der Waals surface area (Å²) in [7, 11) is 0. The Morgan fingerprint density at radius 3 is 2.65 bits per heavy atom. The molecule has 20 heavy (non-hydrogen) atoms. The van der Waals surface area contributed by atoms with E-state index in [1.165, 1.54) is 0 Å². The SMILES string of the molecule is CC1CCCC1NC(=O)c1cc([N+](=O)[O-])cc(Cl)c1Cl. The molecule has 1 fully saturated rings. The van der Waals surface area contributed by atoms with Crippen LogP contribution in [-0.2, 0) is 0 Å². The van der Waals surface area contributed by atoms with Gasteiger partial charge in [0, 0.05) is 18.2 Å². The van der Waals surface area contributed by atoms with Crippen LogP contribution < -0.4 is 5.32 Å². The molecule has 0 bridgehead atoms. The molecule has 0 radical (unpaired) electrons. The summed E-state index contributed by atoms with van der Waals surface area (Å²) in [5.74, 6) is -0.0220. The first-order chi connectivity index (χ1) is 9.40. The molecule has 2 atom stereocenters. The van der Waals surface area contributed by atoms with Gasteiger partial charge in [0.1, 0.15) is 0 Å². The molecule has 1 aromatic carbocycles. The molecule has 0 aliphatic heterocycles. The van der Waals surface area contributed by atoms with E-state index in [4.69, 9.17) is 23.2 Å². The first-order valence-corrected chi connectivity index (χ1v) is 7.10. The van der Waals surface area contributed by atoms with E-state index in [2.05, 4.69) is 12.2 Å². The fraction of sp³-hybridized carbons (Fsp3) is 0.462. The third kappa shape index (κ3) is 3.04. The summed E-state index contributed by atoms with van der Waals surface area (Å²) in [6.07, 6.45) is 3.04. The number of carbonyl (C=O) groups excluding carboxylic acids is 1. The second-order valence-electron chi connectivity index (χ2n) is 5.03. The molecular weight excluding hydrogens is 303 g/mol. The van der Waals surface area contributed by atoms with Gasteiger partial charge in [0.25, 0.3) is 11.6 Å². The Hall–Kier alpha value is -1.33. The quantitative estimate of drug-likeness (QED) is 0.680. The average molecular weight is 317 g/mol. The zero-order valence-corrected chi connectivity index (χ0v) is 12.4. The van der Waals surface area contributed by atoms with E-state index in [1.54, 1.807) is 0 Å². The zero-order valence-electron chi connectivity index (χ0n) is 10.9. The Balaban J connectivity index is 2.26. The summed E-state index contributed by atoms with van der Waals surface area (Å²) in [5, 5.41) is 13.7. The standard InChI is InChI=1S/C13H14Cl2N2O3/c1-7-3-2-4-11(7)16-13(18)9-5-8(17(19)20)6-10(14)12(9)15/h5-7,11H,2-4H2,1H3,(H,16,18). The van der Waals surface area contributed by atoms with Crippen molar-refractivity contribution in [3.8, 4) is 0 Å². The maximum Gasteiger partial charge on any atom is 0.271 e. The summed E-state index contributed by atoms with van der Waals surface area (Å²) in [5.41, 5.74) is -0.200. The molecule has 108 valence electrons. The van der Waals surface area contributed by atoms with Gasteiger partial charge in [-0.15, -0.1) is 0 Å². The van der Waals surface area contributed by atoms with Crippen molar-refractivity contribution in [3.05, 3.63) is 37.9 Å². The summed E-state index contributed by atoms with van der Waals surface area (Å²) in [6.45, 7) is 2.07. The molecule has 1 aliphatic rings. The summed E-state index contributed by atoms with van der Waals surface area (Å²) < 4.78 is 0. The molecule has 7 heteroatoms. The van der Waals surface area contributed by atoms with Crippen molar-refractivity contribution in [3.63, 3.8) is 0 Å². The largest absolute Gasteiger partial charge is 0.349 e. The Bertz CT molecular complexity index is 563. The van der Waals surface area contributed by atoms with Gasteiger partial charge in [-0.25, -0.2) is 0 Å². The Morgan fingerprint density at radius 1 is 1.40 bits per heavy atom. The van der Waals surface area contributed by atoms with Gasteiger partial charge in [0.15, 0.2) is 0 Å². The molecular formula is C13H14Cl2N2O3. The van der Waals surface area contributed by atoms with Crippen LogP contribution in [0, 0.1) is 16.0 Å². The maximum atomic E-state index is 12.2. The second-order valence-corrected chi connectivity index (χ2v) is 5.82. The number of non-ortho nitro benzene ring substituents is 1. The van der Waals surface area contributed by atoms with Gasteiger partial charge in [-0.05, 0) is 18.8 Å². The number of hydrogen-bond donors (Lipinski definition) is 1. The molecule has 0 aromatic heterocycles. The van der Waals surface area contributed by atoms with Gasteiger partial charge in [-0.3, -0.25) is 14.9 Å². The number of nitrogens with zero attached hydrogens (tertiary/aromatic N) is 1. The summed E-state index contributed by atoms with van der Waals surface area (Å²) >= 11 is 11.8. The predicted molar refractivity (Wildman–Crippen MR) is 77.4 cm³/mol. The molecule has 1 aliphatic carbocycles. The van der Waals surface area contributed by atoms with Crippen LogP contribution in [0.4, 0.5) is 5.69 Å². The average Bonchev–Trinajstić information content (AvgIpc) is 2.77. The number of rotatable bonds is 3. The van der Waals surface area contributed by atoms with Gasteiger partial charge < -0.3 is 5.32 Å². The molecule has 2 rings (SSSR count). The van der Waals surface area contributed by atoms with E-state index < -0.39 is 10.8 Å². The van der Waals surface area contributed by atoms with Crippen LogP contribution in [0.3, 0.4) is 0 Å². The van der Waals surface area contributed by atoms with Crippen LogP contribution in [-0.4, -0.2) is 16.9 Å². The van der Waals surface area contributed by atoms with Crippen molar-refractivity contribution in [2.75, 3.05) is 0 Å². The van der Waals surface area contributed by atoms with Gasteiger partial charge in [-0.1, -0.05) is 36.5 Å². The van der Waals surface area contributed by atoms with E-state index >= 15 is 0 Å². The van der Waals surface area contributed by atoms with Crippen LogP contribution in [0.2, 0.25) is 10.0 Å². The zero-order chi connectivity index (χ0) is 14.9.